The van der Waals surface area contributed by atoms with E-state index in [0.717, 1.165) is 13.0 Å². The van der Waals surface area contributed by atoms with E-state index in [4.69, 9.17) is 14.0 Å². The highest BCUT2D eigenvalue weighted by Gasteiger charge is 2.52. The lowest BCUT2D eigenvalue weighted by molar-refractivity contribution is 0.00578. The van der Waals surface area contributed by atoms with Crippen LogP contribution in [-0.2, 0) is 14.0 Å². The molecule has 0 aromatic carbocycles. The van der Waals surface area contributed by atoms with Gasteiger partial charge in [0.2, 0.25) is 0 Å². The summed E-state index contributed by atoms with van der Waals surface area (Å²) in [5.74, 6) is 0. The molecule has 1 saturated heterocycles. The molecule has 0 saturated carbocycles. The van der Waals surface area contributed by atoms with E-state index in [1.165, 1.54) is 5.47 Å². The first kappa shape index (κ1) is 13.1. The molecule has 2 aliphatic rings. The van der Waals surface area contributed by atoms with Crippen molar-refractivity contribution in [3.63, 3.8) is 0 Å². The largest absolute Gasteiger partial charge is 0.490 e. The van der Waals surface area contributed by atoms with Crippen LogP contribution < -0.4 is 0 Å². The Morgan fingerprint density at radius 1 is 1.00 bits per heavy atom. The lowest BCUT2D eigenvalue weighted by atomic mass is 9.73. The van der Waals surface area contributed by atoms with E-state index in [1.54, 1.807) is 0 Å². The lowest BCUT2D eigenvalue weighted by Crippen LogP contribution is -2.41. The van der Waals surface area contributed by atoms with Gasteiger partial charge in [0.05, 0.1) is 23.4 Å². The van der Waals surface area contributed by atoms with Crippen LogP contribution >= 0.6 is 0 Å². The molecule has 0 unspecified atom stereocenters. The second kappa shape index (κ2) is 3.84. The Bertz CT molecular complexity index is 329. The summed E-state index contributed by atoms with van der Waals surface area (Å²) in [4.78, 5) is 0. The SMILES string of the molecule is CC1(C)C=C(B2OC(C)(C)C(C)(C)O2)CCO1. The van der Waals surface area contributed by atoms with Crippen LogP contribution in [0, 0.1) is 0 Å². The molecule has 2 heterocycles. The fourth-order valence-corrected chi connectivity index (χ4v) is 2.17. The molecule has 0 aromatic rings. The maximum Gasteiger partial charge on any atom is 0.490 e. The van der Waals surface area contributed by atoms with E-state index >= 15 is 0 Å². The fraction of sp³-hybridized carbons (Fsp3) is 0.846. The molecular weight excluding hydrogens is 215 g/mol. The van der Waals surface area contributed by atoms with E-state index in [1.807, 2.05) is 0 Å². The minimum absolute atomic E-state index is 0.211. The van der Waals surface area contributed by atoms with Gasteiger partial charge in [-0.05, 0) is 53.4 Å². The molecule has 1 fully saturated rings. The van der Waals surface area contributed by atoms with Crippen molar-refractivity contribution in [1.82, 2.24) is 0 Å². The van der Waals surface area contributed by atoms with E-state index in [-0.39, 0.29) is 23.9 Å². The number of rotatable bonds is 1. The molecule has 4 heteroatoms. The van der Waals surface area contributed by atoms with E-state index < -0.39 is 0 Å². The zero-order valence-corrected chi connectivity index (χ0v) is 11.8. The van der Waals surface area contributed by atoms with Crippen LogP contribution in [0.2, 0.25) is 0 Å². The van der Waals surface area contributed by atoms with Crippen molar-refractivity contribution in [3.05, 3.63) is 11.5 Å². The Labute approximate surface area is 105 Å². The molecule has 17 heavy (non-hydrogen) atoms. The topological polar surface area (TPSA) is 27.7 Å². The van der Waals surface area contributed by atoms with Gasteiger partial charge in [0.1, 0.15) is 0 Å². The molecule has 2 aliphatic heterocycles. The highest BCUT2D eigenvalue weighted by atomic mass is 16.7. The summed E-state index contributed by atoms with van der Waals surface area (Å²) < 4.78 is 17.8. The van der Waals surface area contributed by atoms with Crippen LogP contribution in [0.4, 0.5) is 0 Å². The van der Waals surface area contributed by atoms with Crippen molar-refractivity contribution in [2.45, 2.75) is 64.8 Å². The van der Waals surface area contributed by atoms with Gasteiger partial charge >= 0.3 is 7.12 Å². The molecule has 0 aliphatic carbocycles. The zero-order valence-electron chi connectivity index (χ0n) is 11.8. The Morgan fingerprint density at radius 2 is 1.53 bits per heavy atom. The monoisotopic (exact) mass is 238 g/mol. The maximum absolute atomic E-state index is 6.05. The predicted octanol–water partition coefficient (Wildman–Crippen LogP) is 2.74. The second-order valence-electron chi connectivity index (χ2n) is 6.51. The summed E-state index contributed by atoms with van der Waals surface area (Å²) in [6.07, 6.45) is 3.03. The van der Waals surface area contributed by atoms with E-state index in [0.29, 0.717) is 0 Å². The Morgan fingerprint density at radius 3 is 2.00 bits per heavy atom. The Hall–Kier alpha value is -0.315. The molecular formula is C13H23BO3. The summed E-state index contributed by atoms with van der Waals surface area (Å²) in [6.45, 7) is 13.2. The number of hydrogen-bond acceptors (Lipinski definition) is 3. The standard InChI is InChI=1S/C13H23BO3/c1-11(2)9-10(7-8-15-11)14-16-12(3,4)13(5,6)17-14/h9H,7-8H2,1-6H3. The normalized spacial score (nSPS) is 30.2. The molecule has 0 amide bonds. The first-order chi connectivity index (χ1) is 7.63. The molecule has 0 bridgehead atoms. The Kier molecular flexibility index (Phi) is 2.96. The smallest absolute Gasteiger partial charge is 0.400 e. The van der Waals surface area contributed by atoms with Crippen LogP contribution in [0.15, 0.2) is 11.5 Å². The molecule has 0 radical (unpaired) electrons. The zero-order chi connectivity index (χ0) is 12.9. The third-order valence-corrected chi connectivity index (χ3v) is 3.95. The first-order valence-corrected chi connectivity index (χ1v) is 6.34. The highest BCUT2D eigenvalue weighted by Crippen LogP contribution is 2.40. The van der Waals surface area contributed by atoms with Crippen LogP contribution in [0.3, 0.4) is 0 Å². The summed E-state index contributed by atoms with van der Waals surface area (Å²) in [7, 11) is -0.219. The van der Waals surface area contributed by atoms with Gasteiger partial charge in [-0.1, -0.05) is 6.08 Å². The van der Waals surface area contributed by atoms with E-state index in [9.17, 15) is 0 Å². The third-order valence-electron chi connectivity index (χ3n) is 3.95. The van der Waals surface area contributed by atoms with Crippen LogP contribution in [-0.4, -0.2) is 30.5 Å². The average Bonchev–Trinajstić information content (AvgIpc) is 2.34. The summed E-state index contributed by atoms with van der Waals surface area (Å²) >= 11 is 0. The minimum atomic E-state index is -0.263. The van der Waals surface area contributed by atoms with E-state index in [2.05, 4.69) is 47.6 Å². The van der Waals surface area contributed by atoms with Gasteiger partial charge < -0.3 is 14.0 Å². The number of hydrogen-bond donors (Lipinski definition) is 0. The van der Waals surface area contributed by atoms with Gasteiger partial charge in [-0.15, -0.1) is 0 Å². The summed E-state index contributed by atoms with van der Waals surface area (Å²) in [5, 5.41) is 0. The van der Waals surface area contributed by atoms with Gasteiger partial charge in [-0.2, -0.15) is 0 Å². The van der Waals surface area contributed by atoms with Crippen molar-refractivity contribution in [2.75, 3.05) is 6.61 Å². The van der Waals surface area contributed by atoms with Crippen molar-refractivity contribution in [3.8, 4) is 0 Å². The Balaban J connectivity index is 2.19. The molecule has 0 N–H and O–H groups in total. The molecule has 3 nitrogen and oxygen atoms in total. The molecule has 0 atom stereocenters. The summed E-state index contributed by atoms with van der Waals surface area (Å²) in [5.41, 5.74) is 0.471. The summed E-state index contributed by atoms with van der Waals surface area (Å²) in [6, 6.07) is 0. The second-order valence-corrected chi connectivity index (χ2v) is 6.51. The highest BCUT2D eigenvalue weighted by molar-refractivity contribution is 6.54. The fourth-order valence-electron chi connectivity index (χ4n) is 2.17. The van der Waals surface area contributed by atoms with Gasteiger partial charge in [-0.3, -0.25) is 0 Å². The average molecular weight is 238 g/mol. The lowest BCUT2D eigenvalue weighted by Gasteiger charge is -2.32. The van der Waals surface area contributed by atoms with Gasteiger partial charge in [-0.25, -0.2) is 0 Å². The first-order valence-electron chi connectivity index (χ1n) is 6.34. The van der Waals surface area contributed by atoms with Crippen molar-refractivity contribution < 1.29 is 14.0 Å². The van der Waals surface area contributed by atoms with Crippen LogP contribution in [0.1, 0.15) is 48.0 Å². The van der Waals surface area contributed by atoms with Crippen molar-refractivity contribution in [2.24, 2.45) is 0 Å². The predicted molar refractivity (Wildman–Crippen MR) is 68.8 cm³/mol. The maximum atomic E-state index is 6.05. The molecule has 0 spiro atoms. The van der Waals surface area contributed by atoms with Crippen LogP contribution in [0.25, 0.3) is 0 Å². The number of ether oxygens (including phenoxy) is 1. The van der Waals surface area contributed by atoms with Gasteiger partial charge in [0.15, 0.2) is 0 Å². The van der Waals surface area contributed by atoms with Crippen molar-refractivity contribution >= 4 is 7.12 Å². The minimum Gasteiger partial charge on any atom is -0.400 e. The van der Waals surface area contributed by atoms with Gasteiger partial charge in [0, 0.05) is 0 Å². The quantitative estimate of drug-likeness (QED) is 0.657. The molecule has 96 valence electrons. The molecule has 2 rings (SSSR count). The van der Waals surface area contributed by atoms with Crippen LogP contribution in [0.5, 0.6) is 0 Å². The van der Waals surface area contributed by atoms with Crippen molar-refractivity contribution in [1.29, 1.82) is 0 Å². The third kappa shape index (κ3) is 2.44. The molecule has 0 aromatic heterocycles. The van der Waals surface area contributed by atoms with Gasteiger partial charge in [0.25, 0.3) is 0 Å².